The lowest BCUT2D eigenvalue weighted by Gasteiger charge is -2.15. The van der Waals surface area contributed by atoms with Crippen molar-refractivity contribution >= 4 is 11.6 Å². The van der Waals surface area contributed by atoms with Crippen LogP contribution >= 0.6 is 11.6 Å². The molecule has 0 aromatic carbocycles. The topological polar surface area (TPSA) is 29.4 Å². The molecule has 0 heterocycles. The van der Waals surface area contributed by atoms with E-state index in [1.165, 1.54) is 0 Å². The third kappa shape index (κ3) is 1.78. The molecule has 8 heavy (non-hydrogen) atoms. The molecular formula is C5H10ClNO. The lowest BCUT2D eigenvalue weighted by molar-refractivity contribution is 0.472. The Morgan fingerprint density at radius 2 is 2.00 bits per heavy atom. The third-order valence-electron chi connectivity index (χ3n) is 1.23. The summed E-state index contributed by atoms with van der Waals surface area (Å²) < 4.78 is 0. The number of hydrogen-bond donors (Lipinski definition) is 0. The zero-order valence-electron chi connectivity index (χ0n) is 5.31. The summed E-state index contributed by atoms with van der Waals surface area (Å²) in [4.78, 5) is 8.97. The van der Waals surface area contributed by atoms with Crippen molar-refractivity contribution in [2.75, 3.05) is 0 Å². The predicted molar refractivity (Wildman–Crippen MR) is 34.9 cm³/mol. The van der Waals surface area contributed by atoms with Gasteiger partial charge in [-0.25, -0.2) is 0 Å². The molecule has 0 saturated carbocycles. The summed E-state index contributed by atoms with van der Waals surface area (Å²) in [5.41, 5.74) is 0. The second-order valence-corrected chi connectivity index (χ2v) is 3.04. The molecule has 1 atom stereocenters. The average Bonchev–Trinajstić information content (AvgIpc) is 1.67. The largest absolute Gasteiger partial charge is 0.175 e. The van der Waals surface area contributed by atoms with Gasteiger partial charge in [0.25, 0.3) is 0 Å². The van der Waals surface area contributed by atoms with Gasteiger partial charge in [-0.2, -0.15) is 0 Å². The standard InChI is InChI=1S/C5H10ClNO/c1-4(2)5(3,6)7-8/h4H,1-3H3. The van der Waals surface area contributed by atoms with Gasteiger partial charge in [0.2, 0.25) is 0 Å². The van der Waals surface area contributed by atoms with E-state index in [9.17, 15) is 4.91 Å². The molecule has 0 fully saturated rings. The van der Waals surface area contributed by atoms with Crippen LogP contribution in [0, 0.1) is 10.8 Å². The molecule has 0 radical (unpaired) electrons. The van der Waals surface area contributed by atoms with E-state index in [-0.39, 0.29) is 5.92 Å². The minimum Gasteiger partial charge on any atom is -0.149 e. The van der Waals surface area contributed by atoms with E-state index in [1.54, 1.807) is 6.92 Å². The Labute approximate surface area is 54.2 Å². The Morgan fingerprint density at radius 1 is 1.62 bits per heavy atom. The smallest absolute Gasteiger partial charge is 0.149 e. The van der Waals surface area contributed by atoms with Gasteiger partial charge in [0.15, 0.2) is 5.00 Å². The van der Waals surface area contributed by atoms with Gasteiger partial charge in [-0.1, -0.05) is 25.4 Å². The molecule has 0 rings (SSSR count). The zero-order chi connectivity index (χ0) is 6.78. The van der Waals surface area contributed by atoms with Gasteiger partial charge < -0.3 is 0 Å². The van der Waals surface area contributed by atoms with Crippen LogP contribution in [0.4, 0.5) is 0 Å². The summed E-state index contributed by atoms with van der Waals surface area (Å²) in [5, 5.41) is 2.74. The molecular weight excluding hydrogens is 126 g/mol. The van der Waals surface area contributed by atoms with Crippen LogP contribution in [-0.4, -0.2) is 5.00 Å². The Bertz CT molecular complexity index is 90.4. The maximum absolute atomic E-state index is 9.89. The van der Waals surface area contributed by atoms with Crippen LogP contribution in [0.25, 0.3) is 0 Å². The van der Waals surface area contributed by atoms with E-state index < -0.39 is 5.00 Å². The first-order valence-electron chi connectivity index (χ1n) is 2.54. The summed E-state index contributed by atoms with van der Waals surface area (Å²) in [6.45, 7) is 5.31. The highest BCUT2D eigenvalue weighted by atomic mass is 35.5. The quantitative estimate of drug-likeness (QED) is 0.325. The maximum atomic E-state index is 9.89. The molecule has 0 aromatic rings. The molecule has 0 aromatic heterocycles. The molecule has 0 bridgehead atoms. The molecule has 0 spiro atoms. The van der Waals surface area contributed by atoms with Crippen LogP contribution in [0.3, 0.4) is 0 Å². The second-order valence-electron chi connectivity index (χ2n) is 2.27. The first-order valence-corrected chi connectivity index (χ1v) is 2.92. The number of rotatable bonds is 2. The van der Waals surface area contributed by atoms with Crippen molar-refractivity contribution in [1.29, 1.82) is 0 Å². The van der Waals surface area contributed by atoms with E-state index in [0.29, 0.717) is 0 Å². The van der Waals surface area contributed by atoms with Crippen molar-refractivity contribution in [3.05, 3.63) is 4.91 Å². The van der Waals surface area contributed by atoms with Gasteiger partial charge in [-0.05, 0) is 18.0 Å². The van der Waals surface area contributed by atoms with Crippen LogP contribution in [0.2, 0.25) is 0 Å². The summed E-state index contributed by atoms with van der Waals surface area (Å²) in [7, 11) is 0. The molecule has 1 unspecified atom stereocenters. The second kappa shape index (κ2) is 2.44. The van der Waals surface area contributed by atoms with Crippen molar-refractivity contribution in [3.8, 4) is 0 Å². The monoisotopic (exact) mass is 135 g/mol. The summed E-state index contributed by atoms with van der Waals surface area (Å²) in [6.07, 6.45) is 0. The Hall–Kier alpha value is -0.110. The predicted octanol–water partition coefficient (Wildman–Crippen LogP) is 2.36. The summed E-state index contributed by atoms with van der Waals surface area (Å²) in [5.74, 6) is 0.0988. The van der Waals surface area contributed by atoms with Crippen molar-refractivity contribution < 1.29 is 0 Å². The highest BCUT2D eigenvalue weighted by molar-refractivity contribution is 6.23. The fraction of sp³-hybridized carbons (Fsp3) is 1.00. The van der Waals surface area contributed by atoms with Crippen LogP contribution in [-0.2, 0) is 0 Å². The highest BCUT2D eigenvalue weighted by Crippen LogP contribution is 2.24. The van der Waals surface area contributed by atoms with Crippen molar-refractivity contribution in [2.24, 2.45) is 11.1 Å². The molecule has 0 aliphatic carbocycles. The lowest BCUT2D eigenvalue weighted by Crippen LogP contribution is -2.19. The fourth-order valence-corrected chi connectivity index (χ4v) is 0.105. The first kappa shape index (κ1) is 7.89. The van der Waals surface area contributed by atoms with E-state index in [2.05, 4.69) is 5.18 Å². The van der Waals surface area contributed by atoms with Crippen LogP contribution in [0.1, 0.15) is 20.8 Å². The molecule has 0 aliphatic heterocycles. The average molecular weight is 136 g/mol. The van der Waals surface area contributed by atoms with Gasteiger partial charge in [0, 0.05) is 0 Å². The number of nitrogens with zero attached hydrogens (tertiary/aromatic N) is 1. The summed E-state index contributed by atoms with van der Waals surface area (Å²) >= 11 is 5.58. The number of halogens is 1. The molecule has 0 N–H and O–H groups in total. The molecule has 0 amide bonds. The molecule has 48 valence electrons. The van der Waals surface area contributed by atoms with Crippen LogP contribution in [0.15, 0.2) is 5.18 Å². The number of hydrogen-bond acceptors (Lipinski definition) is 2. The van der Waals surface area contributed by atoms with Gasteiger partial charge in [-0.15, -0.1) is 4.91 Å². The highest BCUT2D eigenvalue weighted by Gasteiger charge is 2.25. The maximum Gasteiger partial charge on any atom is 0.175 e. The van der Waals surface area contributed by atoms with Crippen LogP contribution in [0.5, 0.6) is 0 Å². The Kier molecular flexibility index (Phi) is 2.41. The van der Waals surface area contributed by atoms with Crippen LogP contribution < -0.4 is 0 Å². The van der Waals surface area contributed by atoms with E-state index >= 15 is 0 Å². The molecule has 3 heteroatoms. The van der Waals surface area contributed by atoms with Crippen molar-refractivity contribution in [1.82, 2.24) is 0 Å². The number of alkyl halides is 1. The third-order valence-corrected chi connectivity index (χ3v) is 1.74. The Balaban J connectivity index is 3.90. The van der Waals surface area contributed by atoms with Crippen molar-refractivity contribution in [3.63, 3.8) is 0 Å². The molecule has 0 aliphatic rings. The SMILES string of the molecule is CC(C)C(C)(Cl)N=O. The van der Waals surface area contributed by atoms with E-state index in [0.717, 1.165) is 0 Å². The minimum absolute atomic E-state index is 0.0988. The van der Waals surface area contributed by atoms with Gasteiger partial charge in [0.05, 0.1) is 0 Å². The van der Waals surface area contributed by atoms with E-state index in [1.807, 2.05) is 13.8 Å². The van der Waals surface area contributed by atoms with Gasteiger partial charge >= 0.3 is 0 Å². The first-order chi connectivity index (χ1) is 3.50. The van der Waals surface area contributed by atoms with E-state index in [4.69, 9.17) is 11.6 Å². The Morgan fingerprint density at radius 3 is 2.00 bits per heavy atom. The molecule has 2 nitrogen and oxygen atoms in total. The molecule has 0 saturated heterocycles. The normalized spacial score (nSPS) is 18.1. The van der Waals surface area contributed by atoms with Gasteiger partial charge in [0.1, 0.15) is 0 Å². The number of nitroso groups, excluding NO2 is 1. The van der Waals surface area contributed by atoms with Gasteiger partial charge in [-0.3, -0.25) is 0 Å². The summed E-state index contributed by atoms with van der Waals surface area (Å²) in [6, 6.07) is 0. The minimum atomic E-state index is -0.917. The lowest BCUT2D eigenvalue weighted by atomic mass is 10.1. The fourth-order valence-electron chi connectivity index (χ4n) is 0.105. The van der Waals surface area contributed by atoms with Crippen molar-refractivity contribution in [2.45, 2.75) is 25.8 Å². The zero-order valence-corrected chi connectivity index (χ0v) is 6.07.